The Morgan fingerprint density at radius 1 is 1.17 bits per heavy atom. The van der Waals surface area contributed by atoms with E-state index in [0.29, 0.717) is 18.9 Å². The molecule has 0 saturated heterocycles. The first-order valence-electron chi connectivity index (χ1n) is 6.51. The fourth-order valence-corrected chi connectivity index (χ4v) is 2.82. The van der Waals surface area contributed by atoms with E-state index < -0.39 is 10.0 Å². The molecular formula is C14H23NO2S. The minimum Gasteiger partial charge on any atom is -0.212 e. The molecule has 0 radical (unpaired) electrons. The van der Waals surface area contributed by atoms with Crippen molar-refractivity contribution in [3.8, 4) is 0 Å². The summed E-state index contributed by atoms with van der Waals surface area (Å²) in [6, 6.07) is 8.08. The van der Waals surface area contributed by atoms with Crippen LogP contribution in [0.3, 0.4) is 0 Å². The molecule has 0 aliphatic heterocycles. The summed E-state index contributed by atoms with van der Waals surface area (Å²) in [6.45, 7) is 6.65. The molecule has 1 N–H and O–H groups in total. The highest BCUT2D eigenvalue weighted by Gasteiger charge is 2.08. The Morgan fingerprint density at radius 2 is 1.78 bits per heavy atom. The molecule has 1 rings (SSSR count). The van der Waals surface area contributed by atoms with Crippen LogP contribution in [0, 0.1) is 0 Å². The summed E-state index contributed by atoms with van der Waals surface area (Å²) < 4.78 is 25.9. The molecule has 0 saturated carbocycles. The van der Waals surface area contributed by atoms with Crippen molar-refractivity contribution in [2.24, 2.45) is 0 Å². The van der Waals surface area contributed by atoms with Crippen LogP contribution in [0.15, 0.2) is 24.3 Å². The van der Waals surface area contributed by atoms with Gasteiger partial charge in [-0.15, -0.1) is 0 Å². The molecule has 0 fully saturated rings. The summed E-state index contributed by atoms with van der Waals surface area (Å²) in [5, 5.41) is 0. The first-order chi connectivity index (χ1) is 8.44. The van der Waals surface area contributed by atoms with E-state index in [9.17, 15) is 8.42 Å². The number of hydrogen-bond acceptors (Lipinski definition) is 2. The molecule has 18 heavy (non-hydrogen) atoms. The van der Waals surface area contributed by atoms with Crippen LogP contribution in [0.5, 0.6) is 0 Å². The van der Waals surface area contributed by atoms with Gasteiger partial charge >= 0.3 is 0 Å². The number of benzene rings is 1. The maximum atomic E-state index is 11.6. The van der Waals surface area contributed by atoms with Gasteiger partial charge in [0.25, 0.3) is 0 Å². The van der Waals surface area contributed by atoms with Gasteiger partial charge in [-0.1, -0.05) is 51.5 Å². The molecule has 0 atom stereocenters. The fourth-order valence-electron chi connectivity index (χ4n) is 1.62. The zero-order valence-electron chi connectivity index (χ0n) is 11.4. The summed E-state index contributed by atoms with van der Waals surface area (Å²) >= 11 is 0. The molecule has 1 aromatic carbocycles. The van der Waals surface area contributed by atoms with Crippen LogP contribution in [0.1, 0.15) is 50.7 Å². The van der Waals surface area contributed by atoms with Gasteiger partial charge in [0.2, 0.25) is 10.0 Å². The molecule has 0 aromatic heterocycles. The molecule has 3 nitrogen and oxygen atoms in total. The highest BCUT2D eigenvalue weighted by atomic mass is 32.2. The lowest BCUT2D eigenvalue weighted by molar-refractivity contribution is 0.578. The summed E-state index contributed by atoms with van der Waals surface area (Å²) in [7, 11) is -3.12. The van der Waals surface area contributed by atoms with Crippen molar-refractivity contribution in [1.29, 1.82) is 0 Å². The Kier molecular flexibility index (Phi) is 5.82. The lowest BCUT2D eigenvalue weighted by Gasteiger charge is -2.08. The van der Waals surface area contributed by atoms with E-state index in [1.54, 1.807) is 0 Å². The van der Waals surface area contributed by atoms with Crippen molar-refractivity contribution in [2.75, 3.05) is 5.75 Å². The van der Waals surface area contributed by atoms with Crippen LogP contribution in [0.4, 0.5) is 0 Å². The third-order valence-electron chi connectivity index (χ3n) is 2.91. The third kappa shape index (κ3) is 5.19. The van der Waals surface area contributed by atoms with Gasteiger partial charge in [-0.25, -0.2) is 13.1 Å². The first kappa shape index (κ1) is 15.2. The van der Waals surface area contributed by atoms with E-state index in [1.807, 2.05) is 19.1 Å². The monoisotopic (exact) mass is 269 g/mol. The summed E-state index contributed by atoms with van der Waals surface area (Å²) in [5.41, 5.74) is 2.27. The predicted octanol–water partition coefficient (Wildman–Crippen LogP) is 3.03. The predicted molar refractivity (Wildman–Crippen MR) is 76.1 cm³/mol. The van der Waals surface area contributed by atoms with Crippen LogP contribution in [-0.2, 0) is 16.6 Å². The van der Waals surface area contributed by atoms with Gasteiger partial charge in [0.15, 0.2) is 0 Å². The molecule has 4 heteroatoms. The lowest BCUT2D eigenvalue weighted by Crippen LogP contribution is -2.25. The highest BCUT2D eigenvalue weighted by molar-refractivity contribution is 7.89. The van der Waals surface area contributed by atoms with Crippen molar-refractivity contribution in [3.63, 3.8) is 0 Å². The van der Waals surface area contributed by atoms with Crippen molar-refractivity contribution in [1.82, 2.24) is 4.72 Å². The quantitative estimate of drug-likeness (QED) is 0.827. The van der Waals surface area contributed by atoms with Crippen molar-refractivity contribution in [3.05, 3.63) is 35.4 Å². The molecule has 0 unspecified atom stereocenters. The Labute approximate surface area is 111 Å². The van der Waals surface area contributed by atoms with Gasteiger partial charge < -0.3 is 0 Å². The topological polar surface area (TPSA) is 46.2 Å². The number of rotatable bonds is 7. The van der Waals surface area contributed by atoms with Crippen LogP contribution in [-0.4, -0.2) is 14.2 Å². The second-order valence-corrected chi connectivity index (χ2v) is 6.82. The molecule has 0 heterocycles. The lowest BCUT2D eigenvalue weighted by atomic mass is 10.0. The highest BCUT2D eigenvalue weighted by Crippen LogP contribution is 2.14. The third-order valence-corrected chi connectivity index (χ3v) is 4.32. The largest absolute Gasteiger partial charge is 0.212 e. The average Bonchev–Trinajstić information content (AvgIpc) is 2.35. The Bertz CT molecular complexity index is 449. The van der Waals surface area contributed by atoms with E-state index in [2.05, 4.69) is 30.7 Å². The number of hydrogen-bond donors (Lipinski definition) is 1. The SMILES string of the molecule is CCCCS(=O)(=O)NCc1ccc(C(C)C)cc1. The zero-order valence-corrected chi connectivity index (χ0v) is 12.3. The van der Waals surface area contributed by atoms with E-state index in [1.165, 1.54) is 5.56 Å². The molecule has 102 valence electrons. The Balaban J connectivity index is 2.53. The molecule has 0 spiro atoms. The number of nitrogens with one attached hydrogen (secondary N) is 1. The first-order valence-corrected chi connectivity index (χ1v) is 8.16. The smallest absolute Gasteiger partial charge is 0.211 e. The summed E-state index contributed by atoms with van der Waals surface area (Å²) in [6.07, 6.45) is 1.60. The standard InChI is InChI=1S/C14H23NO2S/c1-4-5-10-18(16,17)15-11-13-6-8-14(9-7-13)12(2)3/h6-9,12,15H,4-5,10-11H2,1-3H3. The second-order valence-electron chi connectivity index (χ2n) is 4.89. The molecule has 0 aliphatic carbocycles. The van der Waals surface area contributed by atoms with E-state index in [-0.39, 0.29) is 5.75 Å². The molecule has 0 aliphatic rings. The van der Waals surface area contributed by atoms with E-state index >= 15 is 0 Å². The van der Waals surface area contributed by atoms with Crippen LogP contribution >= 0.6 is 0 Å². The average molecular weight is 269 g/mol. The number of sulfonamides is 1. The van der Waals surface area contributed by atoms with Crippen LogP contribution in [0.2, 0.25) is 0 Å². The van der Waals surface area contributed by atoms with Gasteiger partial charge in [-0.3, -0.25) is 0 Å². The van der Waals surface area contributed by atoms with Crippen molar-refractivity contribution >= 4 is 10.0 Å². The van der Waals surface area contributed by atoms with Gasteiger partial charge in [0.05, 0.1) is 5.75 Å². The van der Waals surface area contributed by atoms with Gasteiger partial charge in [0, 0.05) is 6.54 Å². The Morgan fingerprint density at radius 3 is 2.28 bits per heavy atom. The zero-order chi connectivity index (χ0) is 13.6. The molecule has 0 bridgehead atoms. The summed E-state index contributed by atoms with van der Waals surface area (Å²) in [5.74, 6) is 0.716. The fraction of sp³-hybridized carbons (Fsp3) is 0.571. The molecule has 0 amide bonds. The molecule has 1 aromatic rings. The van der Waals surface area contributed by atoms with Crippen molar-refractivity contribution < 1.29 is 8.42 Å². The maximum absolute atomic E-state index is 11.6. The minimum absolute atomic E-state index is 0.216. The van der Waals surface area contributed by atoms with Gasteiger partial charge in [-0.2, -0.15) is 0 Å². The Hall–Kier alpha value is -0.870. The van der Waals surface area contributed by atoms with Gasteiger partial charge in [0.1, 0.15) is 0 Å². The van der Waals surface area contributed by atoms with Gasteiger partial charge in [-0.05, 0) is 23.5 Å². The van der Waals surface area contributed by atoms with Crippen molar-refractivity contribution in [2.45, 2.75) is 46.1 Å². The number of unbranched alkanes of at least 4 members (excludes halogenated alkanes) is 1. The molecular weight excluding hydrogens is 246 g/mol. The maximum Gasteiger partial charge on any atom is 0.211 e. The normalized spacial score (nSPS) is 12.0. The van der Waals surface area contributed by atoms with E-state index in [4.69, 9.17) is 0 Å². The second kappa shape index (κ2) is 6.90. The van der Waals surface area contributed by atoms with Crippen LogP contribution < -0.4 is 4.72 Å². The van der Waals surface area contributed by atoms with Crippen LogP contribution in [0.25, 0.3) is 0 Å². The summed E-state index contributed by atoms with van der Waals surface area (Å²) in [4.78, 5) is 0. The van der Waals surface area contributed by atoms with E-state index in [0.717, 1.165) is 12.0 Å². The minimum atomic E-state index is -3.12.